The number of benzene rings is 2. The molecule has 2 aromatic rings. The summed E-state index contributed by atoms with van der Waals surface area (Å²) in [6, 6.07) is 21.6. The van der Waals surface area contributed by atoms with E-state index in [4.69, 9.17) is 9.47 Å². The molecule has 0 amide bonds. The van der Waals surface area contributed by atoms with E-state index < -0.39 is 0 Å². The van der Waals surface area contributed by atoms with Crippen LogP contribution in [0.5, 0.6) is 0 Å². The van der Waals surface area contributed by atoms with Crippen molar-refractivity contribution >= 4 is 0 Å². The lowest BCUT2D eigenvalue weighted by Crippen LogP contribution is -2.39. The number of hydrogen-bond acceptors (Lipinski definition) is 4. The fraction of sp³-hybridized carbons (Fsp3) is 0.429. The molecule has 0 aliphatic carbocycles. The number of likely N-dealkylation sites (N-methyl/N-ethyl adjacent to an activating group) is 1. The molecule has 0 bridgehead atoms. The van der Waals surface area contributed by atoms with Crippen molar-refractivity contribution in [2.24, 2.45) is 0 Å². The summed E-state index contributed by atoms with van der Waals surface area (Å²) in [5.74, 6) is 0. The number of nitrogens with one attached hydrogen (secondary N) is 1. The third-order valence-corrected chi connectivity index (χ3v) is 4.41. The number of rotatable bonds is 11. The van der Waals surface area contributed by atoms with Crippen molar-refractivity contribution in [3.8, 4) is 0 Å². The van der Waals surface area contributed by atoms with Gasteiger partial charge in [-0.05, 0) is 18.2 Å². The molecule has 1 N–H and O–H groups in total. The molecular weight excluding hydrogens is 312 g/mol. The van der Waals surface area contributed by atoms with Crippen molar-refractivity contribution in [2.45, 2.75) is 12.1 Å². The molecule has 0 heterocycles. The number of ether oxygens (including phenoxy) is 2. The Bertz CT molecular complexity index is 577. The Labute approximate surface area is 151 Å². The van der Waals surface area contributed by atoms with Crippen molar-refractivity contribution in [2.75, 3.05) is 47.6 Å². The highest BCUT2D eigenvalue weighted by Crippen LogP contribution is 2.33. The Morgan fingerprint density at radius 1 is 0.840 bits per heavy atom. The second-order valence-corrected chi connectivity index (χ2v) is 6.16. The molecule has 0 saturated carbocycles. The maximum Gasteiger partial charge on any atom is 0.0589 e. The van der Waals surface area contributed by atoms with Crippen LogP contribution in [-0.2, 0) is 9.47 Å². The van der Waals surface area contributed by atoms with Gasteiger partial charge in [-0.3, -0.25) is 4.90 Å². The lowest BCUT2D eigenvalue weighted by molar-refractivity contribution is 0.118. The van der Waals surface area contributed by atoms with Crippen LogP contribution in [0.15, 0.2) is 60.7 Å². The van der Waals surface area contributed by atoms with E-state index in [-0.39, 0.29) is 12.1 Å². The van der Waals surface area contributed by atoms with Crippen LogP contribution in [-0.4, -0.2) is 52.5 Å². The van der Waals surface area contributed by atoms with Gasteiger partial charge in [0, 0.05) is 27.3 Å². The van der Waals surface area contributed by atoms with Gasteiger partial charge in [-0.25, -0.2) is 0 Å². The molecule has 0 saturated heterocycles. The van der Waals surface area contributed by atoms with E-state index in [9.17, 15) is 0 Å². The average Bonchev–Trinajstić information content (AvgIpc) is 2.67. The summed E-state index contributed by atoms with van der Waals surface area (Å²) in [6.07, 6.45) is 0. The minimum Gasteiger partial charge on any atom is -0.383 e. The van der Waals surface area contributed by atoms with E-state index in [1.807, 2.05) is 0 Å². The average molecular weight is 342 g/mol. The number of methoxy groups -OCH3 is 2. The molecule has 0 fully saturated rings. The predicted molar refractivity (Wildman–Crippen MR) is 103 cm³/mol. The topological polar surface area (TPSA) is 33.7 Å². The zero-order chi connectivity index (χ0) is 17.9. The largest absolute Gasteiger partial charge is 0.383 e. The fourth-order valence-corrected chi connectivity index (χ4v) is 3.11. The molecule has 4 heteroatoms. The minimum atomic E-state index is 0.167. The van der Waals surface area contributed by atoms with Crippen LogP contribution in [0.4, 0.5) is 0 Å². The van der Waals surface area contributed by atoms with Crippen molar-refractivity contribution in [1.82, 2.24) is 10.2 Å². The molecule has 0 aromatic heterocycles. The van der Waals surface area contributed by atoms with Gasteiger partial charge in [0.1, 0.15) is 0 Å². The molecule has 136 valence electrons. The fourth-order valence-electron chi connectivity index (χ4n) is 3.11. The summed E-state index contributed by atoms with van der Waals surface area (Å²) in [4.78, 5) is 2.36. The Morgan fingerprint density at radius 2 is 1.40 bits per heavy atom. The first kappa shape index (κ1) is 19.6. The SMILES string of the molecule is COCCN[C@H](c1ccccc1)[C@@H](c1ccccc1)N(C)CCOC. The lowest BCUT2D eigenvalue weighted by atomic mass is 9.92. The molecule has 25 heavy (non-hydrogen) atoms. The first-order valence-electron chi connectivity index (χ1n) is 8.79. The molecule has 2 rings (SSSR count). The predicted octanol–water partition coefficient (Wildman–Crippen LogP) is 3.28. The van der Waals surface area contributed by atoms with Crippen LogP contribution >= 0.6 is 0 Å². The molecule has 2 atom stereocenters. The minimum absolute atomic E-state index is 0.167. The number of nitrogens with zero attached hydrogens (tertiary/aromatic N) is 1. The van der Waals surface area contributed by atoms with Crippen LogP contribution in [0, 0.1) is 0 Å². The van der Waals surface area contributed by atoms with E-state index in [1.54, 1.807) is 14.2 Å². The van der Waals surface area contributed by atoms with E-state index in [0.29, 0.717) is 13.2 Å². The van der Waals surface area contributed by atoms with Gasteiger partial charge in [0.2, 0.25) is 0 Å². The second kappa shape index (κ2) is 11.0. The maximum atomic E-state index is 5.30. The van der Waals surface area contributed by atoms with Crippen molar-refractivity contribution in [3.05, 3.63) is 71.8 Å². The monoisotopic (exact) mass is 342 g/mol. The van der Waals surface area contributed by atoms with Crippen LogP contribution in [0.3, 0.4) is 0 Å². The van der Waals surface area contributed by atoms with Crippen LogP contribution < -0.4 is 5.32 Å². The molecule has 4 nitrogen and oxygen atoms in total. The van der Waals surface area contributed by atoms with Gasteiger partial charge in [-0.1, -0.05) is 60.7 Å². The lowest BCUT2D eigenvalue weighted by Gasteiger charge is -2.36. The van der Waals surface area contributed by atoms with Crippen molar-refractivity contribution in [1.29, 1.82) is 0 Å². The standard InChI is InChI=1S/C21H30N2O2/c1-23(15-17-25-3)21(19-12-8-5-9-13-19)20(22-14-16-24-2)18-10-6-4-7-11-18/h4-13,20-22H,14-17H2,1-3H3/t20-,21-/m1/s1. The molecule has 0 spiro atoms. The molecular formula is C21H30N2O2. The van der Waals surface area contributed by atoms with E-state index in [0.717, 1.165) is 13.1 Å². The van der Waals surface area contributed by atoms with Crippen LogP contribution in [0.1, 0.15) is 23.2 Å². The normalized spacial score (nSPS) is 13.8. The van der Waals surface area contributed by atoms with Crippen molar-refractivity contribution < 1.29 is 9.47 Å². The second-order valence-electron chi connectivity index (χ2n) is 6.16. The first-order valence-corrected chi connectivity index (χ1v) is 8.79. The Kier molecular flexibility index (Phi) is 8.63. The Morgan fingerprint density at radius 3 is 1.96 bits per heavy atom. The molecule has 0 aliphatic heterocycles. The first-order chi connectivity index (χ1) is 12.3. The summed E-state index contributed by atoms with van der Waals surface area (Å²) < 4.78 is 10.5. The van der Waals surface area contributed by atoms with Gasteiger partial charge in [0.25, 0.3) is 0 Å². The van der Waals surface area contributed by atoms with E-state index in [2.05, 4.69) is 77.9 Å². The molecule has 0 unspecified atom stereocenters. The highest BCUT2D eigenvalue weighted by atomic mass is 16.5. The molecule has 2 aromatic carbocycles. The maximum absolute atomic E-state index is 5.30. The van der Waals surface area contributed by atoms with Gasteiger partial charge in [0.05, 0.1) is 25.3 Å². The van der Waals surface area contributed by atoms with Crippen molar-refractivity contribution in [3.63, 3.8) is 0 Å². The summed E-state index contributed by atoms with van der Waals surface area (Å²) in [5, 5.41) is 3.69. The zero-order valence-electron chi connectivity index (χ0n) is 15.5. The highest BCUT2D eigenvalue weighted by molar-refractivity contribution is 5.27. The summed E-state index contributed by atoms with van der Waals surface area (Å²) in [7, 11) is 5.64. The summed E-state index contributed by atoms with van der Waals surface area (Å²) >= 11 is 0. The molecule has 0 radical (unpaired) electrons. The third-order valence-electron chi connectivity index (χ3n) is 4.41. The third kappa shape index (κ3) is 5.94. The van der Waals surface area contributed by atoms with Gasteiger partial charge in [0.15, 0.2) is 0 Å². The Hall–Kier alpha value is -1.72. The molecule has 0 aliphatic rings. The quantitative estimate of drug-likeness (QED) is 0.636. The van der Waals surface area contributed by atoms with Gasteiger partial charge >= 0.3 is 0 Å². The van der Waals surface area contributed by atoms with Gasteiger partial charge in [-0.15, -0.1) is 0 Å². The van der Waals surface area contributed by atoms with E-state index in [1.165, 1.54) is 11.1 Å². The summed E-state index contributed by atoms with van der Waals surface area (Å²) in [6.45, 7) is 3.06. The number of hydrogen-bond donors (Lipinski definition) is 1. The zero-order valence-corrected chi connectivity index (χ0v) is 15.5. The smallest absolute Gasteiger partial charge is 0.0589 e. The van der Waals surface area contributed by atoms with Gasteiger partial charge in [-0.2, -0.15) is 0 Å². The van der Waals surface area contributed by atoms with E-state index >= 15 is 0 Å². The van der Waals surface area contributed by atoms with Crippen LogP contribution in [0.2, 0.25) is 0 Å². The Balaban J connectivity index is 2.33. The summed E-state index contributed by atoms with van der Waals surface area (Å²) in [5.41, 5.74) is 2.57. The highest BCUT2D eigenvalue weighted by Gasteiger charge is 2.27. The van der Waals surface area contributed by atoms with Crippen LogP contribution in [0.25, 0.3) is 0 Å². The van der Waals surface area contributed by atoms with Gasteiger partial charge < -0.3 is 14.8 Å².